The summed E-state index contributed by atoms with van der Waals surface area (Å²) in [6.45, 7) is 3.78. The molecular weight excluding hydrogens is 240 g/mol. The topological polar surface area (TPSA) is 35.4 Å². The van der Waals surface area contributed by atoms with Crippen LogP contribution in [0.1, 0.15) is 5.56 Å². The van der Waals surface area contributed by atoms with E-state index in [0.717, 1.165) is 13.1 Å². The number of rotatable bonds is 8. The fraction of sp³-hybridized carbons (Fsp3) is 0.467. The number of hydrogen-bond acceptors (Lipinski definition) is 3. The molecule has 4 nitrogen and oxygen atoms in total. The van der Waals surface area contributed by atoms with Gasteiger partial charge in [0, 0.05) is 31.9 Å². The van der Waals surface area contributed by atoms with Gasteiger partial charge in [-0.2, -0.15) is 0 Å². The Bertz CT molecular complexity index is 508. The number of hydrogen-bond donors (Lipinski definition) is 1. The van der Waals surface area contributed by atoms with Crippen molar-refractivity contribution < 1.29 is 9.47 Å². The summed E-state index contributed by atoms with van der Waals surface area (Å²) < 4.78 is 12.7. The second kappa shape index (κ2) is 7.28. The molecule has 0 saturated carbocycles. The van der Waals surface area contributed by atoms with Crippen molar-refractivity contribution in [3.8, 4) is 0 Å². The summed E-state index contributed by atoms with van der Waals surface area (Å²) in [4.78, 5) is 0. The third-order valence-electron chi connectivity index (χ3n) is 3.13. The van der Waals surface area contributed by atoms with Gasteiger partial charge in [-0.25, -0.2) is 0 Å². The average molecular weight is 262 g/mol. The largest absolute Gasteiger partial charge is 0.382 e. The molecule has 0 fully saturated rings. The number of nitrogens with zero attached hydrogens (tertiary/aromatic N) is 1. The van der Waals surface area contributed by atoms with Gasteiger partial charge in [0.2, 0.25) is 0 Å². The number of aromatic nitrogens is 1. The molecule has 0 unspecified atom stereocenters. The van der Waals surface area contributed by atoms with Crippen LogP contribution in [0.5, 0.6) is 0 Å². The molecule has 0 amide bonds. The zero-order chi connectivity index (χ0) is 13.5. The quantitative estimate of drug-likeness (QED) is 0.739. The van der Waals surface area contributed by atoms with Crippen LogP contribution < -0.4 is 5.32 Å². The van der Waals surface area contributed by atoms with E-state index >= 15 is 0 Å². The zero-order valence-electron chi connectivity index (χ0n) is 11.7. The van der Waals surface area contributed by atoms with Crippen molar-refractivity contribution in [1.29, 1.82) is 0 Å². The van der Waals surface area contributed by atoms with Crippen molar-refractivity contribution in [2.24, 2.45) is 0 Å². The van der Waals surface area contributed by atoms with Crippen molar-refractivity contribution in [3.05, 3.63) is 36.0 Å². The Morgan fingerprint density at radius 2 is 2.05 bits per heavy atom. The number of methoxy groups -OCH3 is 1. The van der Waals surface area contributed by atoms with Crippen molar-refractivity contribution >= 4 is 10.9 Å². The Kier molecular flexibility index (Phi) is 5.39. The molecule has 104 valence electrons. The van der Waals surface area contributed by atoms with E-state index in [0.29, 0.717) is 19.8 Å². The molecule has 0 aliphatic heterocycles. The van der Waals surface area contributed by atoms with Crippen molar-refractivity contribution in [1.82, 2.24) is 9.88 Å². The van der Waals surface area contributed by atoms with Gasteiger partial charge in [0.05, 0.1) is 19.8 Å². The first kappa shape index (κ1) is 14.1. The monoisotopic (exact) mass is 262 g/mol. The Labute approximate surface area is 114 Å². The Hall–Kier alpha value is -1.36. The minimum atomic E-state index is 0.652. The lowest BCUT2D eigenvalue weighted by atomic mass is 10.1. The van der Waals surface area contributed by atoms with Crippen LogP contribution in [0.4, 0.5) is 0 Å². The lowest BCUT2D eigenvalue weighted by molar-refractivity contribution is 0.0670. The summed E-state index contributed by atoms with van der Waals surface area (Å²) >= 11 is 0. The highest BCUT2D eigenvalue weighted by Crippen LogP contribution is 2.17. The van der Waals surface area contributed by atoms with Gasteiger partial charge in [-0.15, -0.1) is 0 Å². The highest BCUT2D eigenvalue weighted by molar-refractivity contribution is 5.80. The SMILES string of the molecule is CNCc1ccc2ccn(CCOCCOC)c2c1. The minimum absolute atomic E-state index is 0.652. The van der Waals surface area contributed by atoms with Crippen LogP contribution in [0.2, 0.25) is 0 Å². The Balaban J connectivity index is 1.99. The molecule has 0 saturated heterocycles. The summed E-state index contributed by atoms with van der Waals surface area (Å²) in [5, 5.41) is 4.45. The predicted octanol–water partition coefficient (Wildman–Crippen LogP) is 2.02. The van der Waals surface area contributed by atoms with Gasteiger partial charge in [-0.3, -0.25) is 0 Å². The van der Waals surface area contributed by atoms with Crippen molar-refractivity contribution in [2.75, 3.05) is 34.0 Å². The van der Waals surface area contributed by atoms with Gasteiger partial charge in [-0.1, -0.05) is 12.1 Å². The molecule has 0 spiro atoms. The maximum atomic E-state index is 5.52. The van der Waals surface area contributed by atoms with Crippen LogP contribution in [0, 0.1) is 0 Å². The summed E-state index contributed by atoms with van der Waals surface area (Å²) in [6.07, 6.45) is 2.12. The van der Waals surface area contributed by atoms with Crippen LogP contribution in [0.25, 0.3) is 10.9 Å². The van der Waals surface area contributed by atoms with E-state index in [1.165, 1.54) is 16.5 Å². The standard InChI is InChI=1S/C15H22N2O2/c1-16-12-13-3-4-14-5-6-17(15(14)11-13)7-8-19-10-9-18-2/h3-6,11,16H,7-10,12H2,1-2H3. The summed E-state index contributed by atoms with van der Waals surface area (Å²) in [6, 6.07) is 8.72. The molecule has 1 N–H and O–H groups in total. The third-order valence-corrected chi connectivity index (χ3v) is 3.13. The number of nitrogens with one attached hydrogen (secondary N) is 1. The van der Waals surface area contributed by atoms with Gasteiger partial charge >= 0.3 is 0 Å². The zero-order valence-corrected chi connectivity index (χ0v) is 11.7. The van der Waals surface area contributed by atoms with Gasteiger partial charge in [0.15, 0.2) is 0 Å². The Morgan fingerprint density at radius 3 is 2.84 bits per heavy atom. The first-order valence-electron chi connectivity index (χ1n) is 6.64. The van der Waals surface area contributed by atoms with Gasteiger partial charge in [0.1, 0.15) is 0 Å². The molecule has 1 heterocycles. The summed E-state index contributed by atoms with van der Waals surface area (Å²) in [5.41, 5.74) is 2.57. The molecule has 1 aromatic carbocycles. The van der Waals surface area contributed by atoms with Crippen LogP contribution in [0.3, 0.4) is 0 Å². The second-order valence-corrected chi connectivity index (χ2v) is 4.54. The van der Waals surface area contributed by atoms with E-state index in [-0.39, 0.29) is 0 Å². The van der Waals surface area contributed by atoms with E-state index in [1.807, 2.05) is 7.05 Å². The lowest BCUT2D eigenvalue weighted by Crippen LogP contribution is -2.09. The van der Waals surface area contributed by atoms with Crippen LogP contribution in [0.15, 0.2) is 30.5 Å². The number of ether oxygens (including phenoxy) is 2. The summed E-state index contributed by atoms with van der Waals surface area (Å²) in [5.74, 6) is 0. The first-order valence-corrected chi connectivity index (χ1v) is 6.64. The smallest absolute Gasteiger partial charge is 0.0701 e. The molecular formula is C15H22N2O2. The van der Waals surface area contributed by atoms with E-state index in [9.17, 15) is 0 Å². The molecule has 2 rings (SSSR count). The molecule has 0 aliphatic rings. The van der Waals surface area contributed by atoms with E-state index in [1.54, 1.807) is 7.11 Å². The summed E-state index contributed by atoms with van der Waals surface area (Å²) in [7, 11) is 3.65. The molecule has 2 aromatic rings. The van der Waals surface area contributed by atoms with Crippen molar-refractivity contribution in [2.45, 2.75) is 13.1 Å². The lowest BCUT2D eigenvalue weighted by Gasteiger charge is -2.08. The van der Waals surface area contributed by atoms with Crippen LogP contribution in [-0.2, 0) is 22.6 Å². The average Bonchev–Trinajstić information content (AvgIpc) is 2.82. The maximum Gasteiger partial charge on any atom is 0.0701 e. The number of fused-ring (bicyclic) bond motifs is 1. The Morgan fingerprint density at radius 1 is 1.16 bits per heavy atom. The number of benzene rings is 1. The molecule has 0 bridgehead atoms. The minimum Gasteiger partial charge on any atom is -0.382 e. The molecule has 4 heteroatoms. The van der Waals surface area contributed by atoms with Gasteiger partial charge in [0.25, 0.3) is 0 Å². The van der Waals surface area contributed by atoms with Gasteiger partial charge in [-0.05, 0) is 30.1 Å². The fourth-order valence-electron chi connectivity index (χ4n) is 2.15. The predicted molar refractivity (Wildman–Crippen MR) is 77.4 cm³/mol. The molecule has 1 aromatic heterocycles. The maximum absolute atomic E-state index is 5.52. The molecule has 0 radical (unpaired) electrons. The fourth-order valence-corrected chi connectivity index (χ4v) is 2.15. The first-order chi connectivity index (χ1) is 9.35. The third kappa shape index (κ3) is 3.80. The van der Waals surface area contributed by atoms with E-state index < -0.39 is 0 Å². The van der Waals surface area contributed by atoms with E-state index in [2.05, 4.69) is 40.3 Å². The molecule has 0 atom stereocenters. The van der Waals surface area contributed by atoms with Gasteiger partial charge < -0.3 is 19.4 Å². The highest BCUT2D eigenvalue weighted by atomic mass is 16.5. The van der Waals surface area contributed by atoms with Crippen LogP contribution in [-0.4, -0.2) is 38.5 Å². The second-order valence-electron chi connectivity index (χ2n) is 4.54. The highest BCUT2D eigenvalue weighted by Gasteiger charge is 2.02. The molecule has 19 heavy (non-hydrogen) atoms. The van der Waals surface area contributed by atoms with Crippen LogP contribution >= 0.6 is 0 Å². The van der Waals surface area contributed by atoms with E-state index in [4.69, 9.17) is 9.47 Å². The normalized spacial score (nSPS) is 11.3. The molecule has 0 aliphatic carbocycles. The van der Waals surface area contributed by atoms with Crippen molar-refractivity contribution in [3.63, 3.8) is 0 Å².